The summed E-state index contributed by atoms with van der Waals surface area (Å²) in [5, 5.41) is 6.75. The fraction of sp³-hybridized carbons (Fsp3) is 0.650. The lowest BCUT2D eigenvalue weighted by atomic mass is 9.95. The van der Waals surface area contributed by atoms with E-state index in [0.717, 1.165) is 63.5 Å². The standard InChI is InChI=1S/C20H33FN4/c1-4-25(5-2)15-9-8-14-23-19(22-3)24-16-20(12-13-20)17-10-6-7-11-18(17)21/h6-7,10-11H,4-5,8-9,12-16H2,1-3H3,(H2,22,23,24). The normalized spacial score (nSPS) is 16.1. The highest BCUT2D eigenvalue weighted by Gasteiger charge is 2.45. The summed E-state index contributed by atoms with van der Waals surface area (Å²) in [5.74, 6) is 0.714. The van der Waals surface area contributed by atoms with Gasteiger partial charge in [0.2, 0.25) is 0 Å². The van der Waals surface area contributed by atoms with Gasteiger partial charge in [0.1, 0.15) is 5.82 Å². The molecule has 2 rings (SSSR count). The van der Waals surface area contributed by atoms with E-state index in [0.29, 0.717) is 0 Å². The topological polar surface area (TPSA) is 39.7 Å². The van der Waals surface area contributed by atoms with Crippen LogP contribution in [0.15, 0.2) is 29.3 Å². The van der Waals surface area contributed by atoms with Crippen molar-refractivity contribution in [1.82, 2.24) is 15.5 Å². The Hall–Kier alpha value is -1.62. The maximum atomic E-state index is 14.1. The minimum Gasteiger partial charge on any atom is -0.356 e. The van der Waals surface area contributed by atoms with Gasteiger partial charge in [0.25, 0.3) is 0 Å². The minimum atomic E-state index is -0.0962. The van der Waals surface area contributed by atoms with Crippen molar-refractivity contribution in [2.24, 2.45) is 4.99 Å². The molecule has 1 fully saturated rings. The molecule has 0 saturated heterocycles. The Balaban J connectivity index is 1.71. The number of nitrogens with zero attached hydrogens (tertiary/aromatic N) is 2. The van der Waals surface area contributed by atoms with Crippen molar-refractivity contribution in [2.75, 3.05) is 39.8 Å². The molecular weight excluding hydrogens is 315 g/mol. The molecule has 0 atom stereocenters. The van der Waals surface area contributed by atoms with Crippen LogP contribution in [0.1, 0.15) is 45.1 Å². The quantitative estimate of drug-likeness (QED) is 0.388. The number of nitrogens with one attached hydrogen (secondary N) is 2. The van der Waals surface area contributed by atoms with Crippen LogP contribution in [0.25, 0.3) is 0 Å². The molecule has 0 aliphatic heterocycles. The van der Waals surface area contributed by atoms with Crippen LogP contribution in [0, 0.1) is 5.82 Å². The van der Waals surface area contributed by atoms with Crippen LogP contribution < -0.4 is 10.6 Å². The molecule has 1 saturated carbocycles. The van der Waals surface area contributed by atoms with E-state index < -0.39 is 0 Å². The molecule has 0 amide bonds. The number of guanidine groups is 1. The lowest BCUT2D eigenvalue weighted by molar-refractivity contribution is 0.297. The monoisotopic (exact) mass is 348 g/mol. The van der Waals surface area contributed by atoms with E-state index in [4.69, 9.17) is 0 Å². The van der Waals surface area contributed by atoms with Gasteiger partial charge in [-0.15, -0.1) is 0 Å². The van der Waals surface area contributed by atoms with Gasteiger partial charge in [-0.1, -0.05) is 32.0 Å². The summed E-state index contributed by atoms with van der Waals surface area (Å²) < 4.78 is 14.1. The lowest BCUT2D eigenvalue weighted by Gasteiger charge is -2.20. The molecule has 4 nitrogen and oxygen atoms in total. The van der Waals surface area contributed by atoms with Gasteiger partial charge in [-0.05, 0) is 56.9 Å². The van der Waals surface area contributed by atoms with Gasteiger partial charge >= 0.3 is 0 Å². The third kappa shape index (κ3) is 5.70. The predicted octanol–water partition coefficient (Wildman–Crippen LogP) is 3.14. The maximum Gasteiger partial charge on any atom is 0.191 e. The van der Waals surface area contributed by atoms with Crippen molar-refractivity contribution in [2.45, 2.75) is 44.9 Å². The number of rotatable bonds is 10. The molecule has 1 aliphatic rings. The molecule has 0 unspecified atom stereocenters. The Kier molecular flexibility index (Phi) is 7.69. The molecule has 0 aromatic heterocycles. The Morgan fingerprint density at radius 2 is 1.88 bits per heavy atom. The number of unbranched alkanes of at least 4 members (excludes halogenated alkanes) is 1. The second-order valence-corrected chi connectivity index (χ2v) is 6.85. The van der Waals surface area contributed by atoms with E-state index in [1.54, 1.807) is 19.2 Å². The van der Waals surface area contributed by atoms with Gasteiger partial charge in [0, 0.05) is 25.6 Å². The summed E-state index contributed by atoms with van der Waals surface area (Å²) in [4.78, 5) is 6.73. The lowest BCUT2D eigenvalue weighted by Crippen LogP contribution is -2.41. The highest BCUT2D eigenvalue weighted by Crippen LogP contribution is 2.48. The summed E-state index contributed by atoms with van der Waals surface area (Å²) >= 11 is 0. The molecule has 25 heavy (non-hydrogen) atoms. The van der Waals surface area contributed by atoms with Gasteiger partial charge in [-0.25, -0.2) is 4.39 Å². The number of hydrogen-bond acceptors (Lipinski definition) is 2. The summed E-state index contributed by atoms with van der Waals surface area (Å²) in [6.45, 7) is 9.43. The minimum absolute atomic E-state index is 0.0638. The molecule has 0 radical (unpaired) electrons. The fourth-order valence-corrected chi connectivity index (χ4v) is 3.26. The van der Waals surface area contributed by atoms with Gasteiger partial charge in [0.15, 0.2) is 5.96 Å². The van der Waals surface area contributed by atoms with Gasteiger partial charge in [-0.3, -0.25) is 4.99 Å². The van der Waals surface area contributed by atoms with Gasteiger partial charge in [0.05, 0.1) is 0 Å². The number of benzene rings is 1. The molecule has 0 spiro atoms. The second kappa shape index (κ2) is 9.76. The zero-order chi connectivity index (χ0) is 18.1. The SMILES string of the molecule is CCN(CC)CCCCNC(=NC)NCC1(c2ccccc2F)CC1. The average molecular weight is 349 g/mol. The van der Waals surface area contributed by atoms with Crippen LogP contribution in [0.3, 0.4) is 0 Å². The molecule has 1 aromatic rings. The van der Waals surface area contributed by atoms with E-state index in [1.165, 1.54) is 6.42 Å². The molecular formula is C20H33FN4. The molecule has 1 aromatic carbocycles. The Bertz CT molecular complexity index is 550. The van der Waals surface area contributed by atoms with E-state index in [2.05, 4.69) is 34.4 Å². The molecule has 5 heteroatoms. The predicted molar refractivity (Wildman–Crippen MR) is 104 cm³/mol. The Labute approximate surface area is 151 Å². The summed E-state index contributed by atoms with van der Waals surface area (Å²) in [6, 6.07) is 7.13. The van der Waals surface area contributed by atoms with Crippen molar-refractivity contribution >= 4 is 5.96 Å². The van der Waals surface area contributed by atoms with Crippen LogP contribution in [-0.4, -0.2) is 50.6 Å². The van der Waals surface area contributed by atoms with Crippen LogP contribution in [-0.2, 0) is 5.41 Å². The van der Waals surface area contributed by atoms with Gasteiger partial charge in [-0.2, -0.15) is 0 Å². The van der Waals surface area contributed by atoms with E-state index >= 15 is 0 Å². The largest absolute Gasteiger partial charge is 0.356 e. The van der Waals surface area contributed by atoms with Gasteiger partial charge < -0.3 is 15.5 Å². The Morgan fingerprint density at radius 3 is 2.48 bits per heavy atom. The molecule has 0 bridgehead atoms. The van der Waals surface area contributed by atoms with Crippen molar-refractivity contribution in [3.05, 3.63) is 35.6 Å². The van der Waals surface area contributed by atoms with E-state index in [1.807, 2.05) is 12.1 Å². The highest BCUT2D eigenvalue weighted by molar-refractivity contribution is 5.79. The van der Waals surface area contributed by atoms with Crippen molar-refractivity contribution in [3.63, 3.8) is 0 Å². The first kappa shape index (κ1) is 19.7. The average Bonchev–Trinajstić information content (AvgIpc) is 3.42. The van der Waals surface area contributed by atoms with Crippen LogP contribution in [0.2, 0.25) is 0 Å². The number of hydrogen-bond donors (Lipinski definition) is 2. The third-order valence-electron chi connectivity index (χ3n) is 5.20. The summed E-state index contributed by atoms with van der Waals surface area (Å²) in [5.41, 5.74) is 0.767. The molecule has 2 N–H and O–H groups in total. The van der Waals surface area contributed by atoms with E-state index in [-0.39, 0.29) is 11.2 Å². The molecule has 140 valence electrons. The first-order valence-corrected chi connectivity index (χ1v) is 9.57. The maximum absolute atomic E-state index is 14.1. The molecule has 1 aliphatic carbocycles. The number of halogens is 1. The van der Waals surface area contributed by atoms with Crippen LogP contribution >= 0.6 is 0 Å². The van der Waals surface area contributed by atoms with Crippen molar-refractivity contribution in [1.29, 1.82) is 0 Å². The second-order valence-electron chi connectivity index (χ2n) is 6.85. The third-order valence-corrected chi connectivity index (χ3v) is 5.20. The van der Waals surface area contributed by atoms with Crippen molar-refractivity contribution in [3.8, 4) is 0 Å². The number of aliphatic imine (C=N–C) groups is 1. The van der Waals surface area contributed by atoms with E-state index in [9.17, 15) is 4.39 Å². The zero-order valence-electron chi connectivity index (χ0n) is 15.9. The van der Waals surface area contributed by atoms with Crippen LogP contribution in [0.5, 0.6) is 0 Å². The highest BCUT2D eigenvalue weighted by atomic mass is 19.1. The summed E-state index contributed by atoms with van der Waals surface area (Å²) in [7, 11) is 1.79. The smallest absolute Gasteiger partial charge is 0.191 e. The van der Waals surface area contributed by atoms with Crippen molar-refractivity contribution < 1.29 is 4.39 Å². The van der Waals surface area contributed by atoms with Crippen LogP contribution in [0.4, 0.5) is 4.39 Å². The first-order chi connectivity index (χ1) is 12.1. The molecule has 0 heterocycles. The zero-order valence-corrected chi connectivity index (χ0v) is 15.9. The Morgan fingerprint density at radius 1 is 1.16 bits per heavy atom. The summed E-state index contributed by atoms with van der Waals surface area (Å²) in [6.07, 6.45) is 4.37. The first-order valence-electron chi connectivity index (χ1n) is 9.57. The fourth-order valence-electron chi connectivity index (χ4n) is 3.26.